The normalized spacial score (nSPS) is 11.5. The lowest BCUT2D eigenvalue weighted by Gasteiger charge is -2.15. The average molecular weight is 298 g/mol. The summed E-state index contributed by atoms with van der Waals surface area (Å²) in [6.07, 6.45) is 1.84. The van der Waals surface area contributed by atoms with Gasteiger partial charge in [0.15, 0.2) is 0 Å². The molecule has 1 atom stereocenters. The Morgan fingerprint density at radius 2 is 1.91 bits per heavy atom. The predicted molar refractivity (Wildman–Crippen MR) is 89.4 cm³/mol. The van der Waals surface area contributed by atoms with E-state index in [1.54, 1.807) is 13.2 Å². The highest BCUT2D eigenvalue weighted by Gasteiger charge is 2.08. The Kier molecular flexibility index (Phi) is 5.83. The molecule has 2 N–H and O–H groups in total. The molecule has 2 aromatic carbocycles. The summed E-state index contributed by atoms with van der Waals surface area (Å²) < 4.78 is 5.13. The van der Waals surface area contributed by atoms with Crippen molar-refractivity contribution < 1.29 is 9.53 Å². The second kappa shape index (κ2) is 8.08. The summed E-state index contributed by atoms with van der Waals surface area (Å²) in [7, 11) is 1.60. The second-order valence-electron chi connectivity index (χ2n) is 5.26. The minimum Gasteiger partial charge on any atom is -0.497 e. The molecule has 0 bridgehead atoms. The van der Waals surface area contributed by atoms with Crippen LogP contribution in [0.15, 0.2) is 54.6 Å². The number of hydrogen-bond donors (Lipinski definition) is 2. The zero-order valence-corrected chi connectivity index (χ0v) is 13.0. The maximum atomic E-state index is 12.0. The van der Waals surface area contributed by atoms with Crippen LogP contribution < -0.4 is 15.4 Å². The second-order valence-corrected chi connectivity index (χ2v) is 5.26. The van der Waals surface area contributed by atoms with Gasteiger partial charge in [-0.15, -0.1) is 0 Å². The molecule has 0 unspecified atom stereocenters. The molecule has 0 aliphatic rings. The summed E-state index contributed by atoms with van der Waals surface area (Å²) in [6, 6.07) is 17.5. The van der Waals surface area contributed by atoms with Crippen molar-refractivity contribution in [2.75, 3.05) is 12.4 Å². The highest BCUT2D eigenvalue weighted by Crippen LogP contribution is 2.16. The lowest BCUT2D eigenvalue weighted by atomic mass is 10.1. The van der Waals surface area contributed by atoms with E-state index >= 15 is 0 Å². The van der Waals surface area contributed by atoms with Crippen molar-refractivity contribution in [3.05, 3.63) is 60.2 Å². The molecule has 0 heterocycles. The van der Waals surface area contributed by atoms with E-state index in [9.17, 15) is 4.79 Å². The number of carbonyl (C=O) groups is 1. The number of aryl methyl sites for hydroxylation is 1. The number of carbonyl (C=O) groups excluding carboxylic acids is 1. The van der Waals surface area contributed by atoms with Gasteiger partial charge in [0.25, 0.3) is 0 Å². The van der Waals surface area contributed by atoms with Gasteiger partial charge in [0.1, 0.15) is 5.75 Å². The SMILES string of the molecule is COc1cccc(NC(=O)N[C@@H](C)CCc2ccccc2)c1. The van der Waals surface area contributed by atoms with Crippen LogP contribution in [0.1, 0.15) is 18.9 Å². The highest BCUT2D eigenvalue weighted by molar-refractivity contribution is 5.89. The highest BCUT2D eigenvalue weighted by atomic mass is 16.5. The average Bonchev–Trinajstić information content (AvgIpc) is 2.54. The molecular weight excluding hydrogens is 276 g/mol. The number of urea groups is 1. The number of hydrogen-bond acceptors (Lipinski definition) is 2. The van der Waals surface area contributed by atoms with Gasteiger partial charge in [0.05, 0.1) is 7.11 Å². The third kappa shape index (κ3) is 5.13. The van der Waals surface area contributed by atoms with E-state index in [1.165, 1.54) is 5.56 Å². The topological polar surface area (TPSA) is 50.4 Å². The Balaban J connectivity index is 1.78. The third-order valence-corrected chi connectivity index (χ3v) is 3.41. The van der Waals surface area contributed by atoms with Gasteiger partial charge < -0.3 is 15.4 Å². The molecule has 0 aliphatic carbocycles. The van der Waals surface area contributed by atoms with Gasteiger partial charge >= 0.3 is 6.03 Å². The molecule has 0 radical (unpaired) electrons. The molecule has 4 heteroatoms. The van der Waals surface area contributed by atoms with Crippen LogP contribution in [0.4, 0.5) is 10.5 Å². The fraction of sp³-hybridized carbons (Fsp3) is 0.278. The summed E-state index contributed by atoms with van der Waals surface area (Å²) in [5, 5.41) is 5.76. The minimum absolute atomic E-state index is 0.103. The maximum Gasteiger partial charge on any atom is 0.319 e. The number of anilines is 1. The molecule has 2 rings (SSSR count). The van der Waals surface area contributed by atoms with Crippen LogP contribution in [-0.2, 0) is 6.42 Å². The molecule has 4 nitrogen and oxygen atoms in total. The monoisotopic (exact) mass is 298 g/mol. The number of methoxy groups -OCH3 is 1. The van der Waals surface area contributed by atoms with Crippen molar-refractivity contribution in [3.8, 4) is 5.75 Å². The first-order valence-corrected chi connectivity index (χ1v) is 7.43. The van der Waals surface area contributed by atoms with E-state index in [4.69, 9.17) is 4.74 Å². The number of nitrogens with one attached hydrogen (secondary N) is 2. The maximum absolute atomic E-state index is 12.0. The first kappa shape index (κ1) is 15.9. The van der Waals surface area contributed by atoms with Crippen LogP contribution in [0.3, 0.4) is 0 Å². The lowest BCUT2D eigenvalue weighted by Crippen LogP contribution is -2.36. The van der Waals surface area contributed by atoms with Gasteiger partial charge in [-0.2, -0.15) is 0 Å². The Hall–Kier alpha value is -2.49. The first-order chi connectivity index (χ1) is 10.7. The molecule has 22 heavy (non-hydrogen) atoms. The fourth-order valence-corrected chi connectivity index (χ4v) is 2.19. The van der Waals surface area contributed by atoms with Gasteiger partial charge in [-0.05, 0) is 37.5 Å². The Morgan fingerprint density at radius 1 is 1.14 bits per heavy atom. The van der Waals surface area contributed by atoms with Gasteiger partial charge in [0.2, 0.25) is 0 Å². The Morgan fingerprint density at radius 3 is 2.64 bits per heavy atom. The summed E-state index contributed by atoms with van der Waals surface area (Å²) >= 11 is 0. The van der Waals surface area contributed by atoms with Crippen LogP contribution in [0, 0.1) is 0 Å². The van der Waals surface area contributed by atoms with Crippen molar-refractivity contribution in [2.24, 2.45) is 0 Å². The molecule has 0 spiro atoms. The summed E-state index contributed by atoms with van der Waals surface area (Å²) in [5.41, 5.74) is 2.00. The van der Waals surface area contributed by atoms with E-state index < -0.39 is 0 Å². The molecule has 116 valence electrons. The fourth-order valence-electron chi connectivity index (χ4n) is 2.19. The number of rotatable bonds is 6. The van der Waals surface area contributed by atoms with Crippen LogP contribution >= 0.6 is 0 Å². The van der Waals surface area contributed by atoms with Crippen molar-refractivity contribution in [3.63, 3.8) is 0 Å². The van der Waals surface area contributed by atoms with Crippen LogP contribution in [0.5, 0.6) is 5.75 Å². The predicted octanol–water partition coefficient (Wildman–Crippen LogP) is 3.84. The number of ether oxygens (including phenoxy) is 1. The van der Waals surface area contributed by atoms with Gasteiger partial charge in [-0.25, -0.2) is 4.79 Å². The van der Waals surface area contributed by atoms with Crippen molar-refractivity contribution >= 4 is 11.7 Å². The molecule has 0 saturated heterocycles. The van der Waals surface area contributed by atoms with Crippen molar-refractivity contribution in [2.45, 2.75) is 25.8 Å². The van der Waals surface area contributed by atoms with E-state index in [0.717, 1.165) is 18.6 Å². The summed E-state index contributed by atoms with van der Waals surface area (Å²) in [4.78, 5) is 12.0. The minimum atomic E-state index is -0.200. The van der Waals surface area contributed by atoms with Crippen LogP contribution in [0.25, 0.3) is 0 Å². The van der Waals surface area contributed by atoms with E-state index in [-0.39, 0.29) is 12.1 Å². The van der Waals surface area contributed by atoms with Crippen molar-refractivity contribution in [1.82, 2.24) is 5.32 Å². The smallest absolute Gasteiger partial charge is 0.319 e. The van der Waals surface area contributed by atoms with E-state index in [1.807, 2.05) is 43.3 Å². The van der Waals surface area contributed by atoms with E-state index in [2.05, 4.69) is 22.8 Å². The molecule has 0 saturated carbocycles. The van der Waals surface area contributed by atoms with Gasteiger partial charge in [-0.1, -0.05) is 36.4 Å². The van der Waals surface area contributed by atoms with Gasteiger partial charge in [0, 0.05) is 17.8 Å². The quantitative estimate of drug-likeness (QED) is 0.851. The Bertz CT molecular complexity index is 599. The number of benzene rings is 2. The van der Waals surface area contributed by atoms with Crippen LogP contribution in [-0.4, -0.2) is 19.2 Å². The summed E-state index contributed by atoms with van der Waals surface area (Å²) in [5.74, 6) is 0.718. The van der Waals surface area contributed by atoms with Crippen molar-refractivity contribution in [1.29, 1.82) is 0 Å². The van der Waals surface area contributed by atoms with Gasteiger partial charge in [-0.3, -0.25) is 0 Å². The lowest BCUT2D eigenvalue weighted by molar-refractivity contribution is 0.248. The largest absolute Gasteiger partial charge is 0.497 e. The standard InChI is InChI=1S/C18H22N2O2/c1-14(11-12-15-7-4-3-5-8-15)19-18(21)20-16-9-6-10-17(13-16)22-2/h3-10,13-14H,11-12H2,1-2H3,(H2,19,20,21)/t14-/m0/s1. The van der Waals surface area contributed by atoms with Crippen LogP contribution in [0.2, 0.25) is 0 Å². The molecule has 0 aliphatic heterocycles. The summed E-state index contributed by atoms with van der Waals surface area (Å²) in [6.45, 7) is 2.01. The molecule has 0 fully saturated rings. The molecular formula is C18H22N2O2. The third-order valence-electron chi connectivity index (χ3n) is 3.41. The van der Waals surface area contributed by atoms with E-state index in [0.29, 0.717) is 5.69 Å². The zero-order chi connectivity index (χ0) is 15.8. The first-order valence-electron chi connectivity index (χ1n) is 7.43. The number of amides is 2. The zero-order valence-electron chi connectivity index (χ0n) is 13.0. The molecule has 2 amide bonds. The molecule has 0 aromatic heterocycles. The Labute approximate surface area is 131 Å². The molecule has 2 aromatic rings.